The highest BCUT2D eigenvalue weighted by Crippen LogP contribution is 2.22. The lowest BCUT2D eigenvalue weighted by Crippen LogP contribution is -2.25. The molecule has 5 nitrogen and oxygen atoms in total. The third-order valence-corrected chi connectivity index (χ3v) is 3.91. The number of carbonyl (C=O) groups is 2. The van der Waals surface area contributed by atoms with E-state index in [4.69, 9.17) is 4.74 Å². The molecule has 0 unspecified atom stereocenters. The second-order valence-electron chi connectivity index (χ2n) is 6.53. The van der Waals surface area contributed by atoms with Gasteiger partial charge in [0.25, 0.3) is 11.8 Å². The molecular formula is C22H26N2O3. The molecule has 0 fully saturated rings. The van der Waals surface area contributed by atoms with Gasteiger partial charge in [0.05, 0.1) is 23.4 Å². The minimum absolute atomic E-state index is 0.271. The number of ether oxygens (including phenoxy) is 1. The lowest BCUT2D eigenvalue weighted by Gasteiger charge is -2.14. The maximum atomic E-state index is 12.8. The van der Waals surface area contributed by atoms with E-state index in [0.717, 1.165) is 6.42 Å². The first-order valence-electron chi connectivity index (χ1n) is 9.04. The Morgan fingerprint density at radius 2 is 1.70 bits per heavy atom. The van der Waals surface area contributed by atoms with Crippen LogP contribution in [0.1, 0.15) is 41.0 Å². The molecule has 2 aromatic rings. The maximum absolute atomic E-state index is 12.8. The fraction of sp³-hybridized carbons (Fsp3) is 0.273. The second-order valence-corrected chi connectivity index (χ2v) is 6.53. The molecule has 0 saturated heterocycles. The Bertz CT molecular complexity index is 800. The Balaban J connectivity index is 2.16. The van der Waals surface area contributed by atoms with E-state index in [9.17, 15) is 9.59 Å². The summed E-state index contributed by atoms with van der Waals surface area (Å²) in [6.07, 6.45) is 2.51. The topological polar surface area (TPSA) is 67.4 Å². The minimum Gasteiger partial charge on any atom is -0.493 e. The van der Waals surface area contributed by atoms with Crippen molar-refractivity contribution in [3.05, 3.63) is 72.3 Å². The number of hydrogen-bond donors (Lipinski definition) is 2. The van der Waals surface area contributed by atoms with Crippen LogP contribution in [-0.2, 0) is 0 Å². The van der Waals surface area contributed by atoms with Crippen molar-refractivity contribution < 1.29 is 14.3 Å². The third kappa shape index (κ3) is 5.99. The van der Waals surface area contributed by atoms with E-state index in [1.54, 1.807) is 48.5 Å². The second kappa shape index (κ2) is 10.2. The highest BCUT2D eigenvalue weighted by molar-refractivity contribution is 6.10. The smallest absolute Gasteiger partial charge is 0.259 e. The summed E-state index contributed by atoms with van der Waals surface area (Å²) in [6, 6.07) is 14.0. The Morgan fingerprint density at radius 3 is 2.41 bits per heavy atom. The molecule has 0 aliphatic heterocycles. The number of rotatable bonds is 9. The van der Waals surface area contributed by atoms with Gasteiger partial charge in [0.15, 0.2) is 0 Å². The number of hydrogen-bond acceptors (Lipinski definition) is 3. The molecule has 0 radical (unpaired) electrons. The average Bonchev–Trinajstić information content (AvgIpc) is 2.66. The molecule has 2 amide bonds. The molecule has 0 bridgehead atoms. The summed E-state index contributed by atoms with van der Waals surface area (Å²) in [5.41, 5.74) is 1.27. The van der Waals surface area contributed by atoms with Crippen molar-refractivity contribution in [1.82, 2.24) is 5.32 Å². The van der Waals surface area contributed by atoms with E-state index in [2.05, 4.69) is 31.1 Å². The summed E-state index contributed by atoms with van der Waals surface area (Å²) >= 11 is 0. The third-order valence-electron chi connectivity index (χ3n) is 3.91. The van der Waals surface area contributed by atoms with Crippen molar-refractivity contribution in [3.63, 3.8) is 0 Å². The van der Waals surface area contributed by atoms with E-state index in [1.165, 1.54) is 0 Å². The molecule has 0 atom stereocenters. The van der Waals surface area contributed by atoms with Gasteiger partial charge >= 0.3 is 0 Å². The first-order valence-corrected chi connectivity index (χ1v) is 9.04. The molecule has 0 aliphatic rings. The molecule has 2 N–H and O–H groups in total. The van der Waals surface area contributed by atoms with Gasteiger partial charge in [0, 0.05) is 6.54 Å². The van der Waals surface area contributed by atoms with Crippen molar-refractivity contribution in [2.75, 3.05) is 18.5 Å². The molecule has 0 saturated carbocycles. The van der Waals surface area contributed by atoms with Crippen LogP contribution in [0.5, 0.6) is 5.75 Å². The lowest BCUT2D eigenvalue weighted by atomic mass is 10.1. The molecule has 0 aliphatic carbocycles. The van der Waals surface area contributed by atoms with Crippen LogP contribution in [0.15, 0.2) is 61.2 Å². The fourth-order valence-electron chi connectivity index (χ4n) is 2.42. The Hall–Kier alpha value is -3.08. The number of nitrogens with one attached hydrogen (secondary N) is 2. The number of amides is 2. The van der Waals surface area contributed by atoms with E-state index >= 15 is 0 Å². The summed E-state index contributed by atoms with van der Waals surface area (Å²) in [4.78, 5) is 25.1. The zero-order valence-corrected chi connectivity index (χ0v) is 15.8. The molecule has 5 heteroatoms. The molecule has 2 aromatic carbocycles. The van der Waals surface area contributed by atoms with Crippen LogP contribution in [0.25, 0.3) is 0 Å². The van der Waals surface area contributed by atoms with Gasteiger partial charge in [0.2, 0.25) is 0 Å². The summed E-state index contributed by atoms with van der Waals surface area (Å²) in [5.74, 6) is 0.461. The monoisotopic (exact) mass is 366 g/mol. The molecule has 142 valence electrons. The number of anilines is 1. The van der Waals surface area contributed by atoms with E-state index < -0.39 is 0 Å². The molecule has 0 spiro atoms. The minimum atomic E-state index is -0.320. The van der Waals surface area contributed by atoms with Crippen LogP contribution in [0.3, 0.4) is 0 Å². The Kier molecular flexibility index (Phi) is 7.62. The first-order chi connectivity index (χ1) is 13.0. The van der Waals surface area contributed by atoms with Crippen molar-refractivity contribution in [3.8, 4) is 5.75 Å². The van der Waals surface area contributed by atoms with Crippen LogP contribution in [0.4, 0.5) is 5.69 Å². The molecular weight excluding hydrogens is 340 g/mol. The zero-order valence-electron chi connectivity index (χ0n) is 15.8. The van der Waals surface area contributed by atoms with Gasteiger partial charge in [-0.1, -0.05) is 44.2 Å². The van der Waals surface area contributed by atoms with Gasteiger partial charge < -0.3 is 15.4 Å². The highest BCUT2D eigenvalue weighted by Gasteiger charge is 2.16. The van der Waals surface area contributed by atoms with Gasteiger partial charge in [-0.05, 0) is 36.6 Å². The van der Waals surface area contributed by atoms with Crippen LogP contribution in [-0.4, -0.2) is 25.0 Å². The van der Waals surface area contributed by atoms with Gasteiger partial charge in [0.1, 0.15) is 5.75 Å². The average molecular weight is 366 g/mol. The van der Waals surface area contributed by atoms with Crippen LogP contribution >= 0.6 is 0 Å². The fourth-order valence-corrected chi connectivity index (χ4v) is 2.42. The largest absolute Gasteiger partial charge is 0.493 e. The lowest BCUT2D eigenvalue weighted by molar-refractivity contribution is 0.0959. The Morgan fingerprint density at radius 1 is 1.04 bits per heavy atom. The summed E-state index contributed by atoms with van der Waals surface area (Å²) in [6.45, 7) is 8.73. The molecule has 0 heterocycles. The standard InChI is InChI=1S/C22H26N2O3/c1-4-14-23-21(25)17-9-5-7-11-19(17)24-22(26)18-10-6-8-12-20(18)27-15-13-16(2)3/h4-12,16H,1,13-15H2,2-3H3,(H,23,25)(H,24,26). The van der Waals surface area contributed by atoms with Crippen LogP contribution in [0.2, 0.25) is 0 Å². The predicted molar refractivity (Wildman–Crippen MR) is 108 cm³/mol. The first kappa shape index (κ1) is 20.2. The normalized spacial score (nSPS) is 10.3. The number of benzene rings is 2. The van der Waals surface area contributed by atoms with E-state index in [0.29, 0.717) is 41.6 Å². The molecule has 27 heavy (non-hydrogen) atoms. The van der Waals surface area contributed by atoms with Crippen molar-refractivity contribution in [1.29, 1.82) is 0 Å². The van der Waals surface area contributed by atoms with E-state index in [-0.39, 0.29) is 11.8 Å². The predicted octanol–water partition coefficient (Wildman–Crippen LogP) is 4.28. The molecule has 0 aromatic heterocycles. The van der Waals surface area contributed by atoms with Crippen molar-refractivity contribution >= 4 is 17.5 Å². The van der Waals surface area contributed by atoms with Gasteiger partial charge in [-0.15, -0.1) is 6.58 Å². The SMILES string of the molecule is C=CCNC(=O)c1ccccc1NC(=O)c1ccccc1OCCC(C)C. The summed E-state index contributed by atoms with van der Waals surface area (Å²) in [7, 11) is 0. The quantitative estimate of drug-likeness (QED) is 0.651. The van der Waals surface area contributed by atoms with Crippen LogP contribution < -0.4 is 15.4 Å². The molecule has 2 rings (SSSR count). The number of carbonyl (C=O) groups excluding carboxylic acids is 2. The maximum Gasteiger partial charge on any atom is 0.259 e. The Labute approximate surface area is 160 Å². The summed E-state index contributed by atoms with van der Waals surface area (Å²) in [5, 5.41) is 5.54. The van der Waals surface area contributed by atoms with Gasteiger partial charge in [-0.2, -0.15) is 0 Å². The van der Waals surface area contributed by atoms with Crippen molar-refractivity contribution in [2.45, 2.75) is 20.3 Å². The van der Waals surface area contributed by atoms with Gasteiger partial charge in [-0.25, -0.2) is 0 Å². The van der Waals surface area contributed by atoms with Crippen LogP contribution in [0, 0.1) is 5.92 Å². The number of para-hydroxylation sites is 2. The zero-order chi connectivity index (χ0) is 19.6. The van der Waals surface area contributed by atoms with Gasteiger partial charge in [-0.3, -0.25) is 9.59 Å². The van der Waals surface area contributed by atoms with E-state index in [1.807, 2.05) is 6.07 Å². The summed E-state index contributed by atoms with van der Waals surface area (Å²) < 4.78 is 5.79. The van der Waals surface area contributed by atoms with Crippen molar-refractivity contribution in [2.24, 2.45) is 5.92 Å². The highest BCUT2D eigenvalue weighted by atomic mass is 16.5.